The summed E-state index contributed by atoms with van der Waals surface area (Å²) in [7, 11) is 0. The van der Waals surface area contributed by atoms with E-state index in [2.05, 4.69) is 46.3 Å². The summed E-state index contributed by atoms with van der Waals surface area (Å²) < 4.78 is 13.2. The summed E-state index contributed by atoms with van der Waals surface area (Å²) in [6.45, 7) is 8.55. The van der Waals surface area contributed by atoms with Gasteiger partial charge in [-0.05, 0) is 54.9 Å². The molecule has 0 spiro atoms. The Morgan fingerprint density at radius 1 is 1.00 bits per heavy atom. The second kappa shape index (κ2) is 8.15. The lowest BCUT2D eigenvalue weighted by Crippen LogP contribution is -2.46. The quantitative estimate of drug-likeness (QED) is 0.866. The van der Waals surface area contributed by atoms with Crippen molar-refractivity contribution in [3.63, 3.8) is 0 Å². The highest BCUT2D eigenvalue weighted by molar-refractivity contribution is 5.55. The van der Waals surface area contributed by atoms with E-state index in [-0.39, 0.29) is 5.82 Å². The van der Waals surface area contributed by atoms with Crippen LogP contribution in [0.3, 0.4) is 0 Å². The highest BCUT2D eigenvalue weighted by Crippen LogP contribution is 2.20. The molecule has 128 valence electrons. The smallest absolute Gasteiger partial charge is 0.123 e. The molecule has 0 bridgehead atoms. The van der Waals surface area contributed by atoms with Crippen LogP contribution in [-0.2, 0) is 6.54 Å². The summed E-state index contributed by atoms with van der Waals surface area (Å²) in [5, 5.41) is 3.35. The lowest BCUT2D eigenvalue weighted by Gasteiger charge is -2.36. The Hall–Kier alpha value is -2.07. The summed E-state index contributed by atoms with van der Waals surface area (Å²) in [5.74, 6) is -0.188. The third-order valence-corrected chi connectivity index (χ3v) is 4.53. The van der Waals surface area contributed by atoms with Crippen LogP contribution in [0.5, 0.6) is 0 Å². The first-order valence-corrected chi connectivity index (χ1v) is 8.80. The van der Waals surface area contributed by atoms with Gasteiger partial charge < -0.3 is 10.2 Å². The maximum absolute atomic E-state index is 13.2. The molecule has 0 radical (unpaired) electrons. The Balaban J connectivity index is 1.52. The zero-order valence-electron chi connectivity index (χ0n) is 14.3. The van der Waals surface area contributed by atoms with Crippen LogP contribution in [0, 0.1) is 5.82 Å². The number of halogens is 1. The topological polar surface area (TPSA) is 18.5 Å². The Morgan fingerprint density at radius 2 is 1.75 bits per heavy atom. The molecule has 2 aromatic rings. The first-order valence-electron chi connectivity index (χ1n) is 8.80. The molecule has 24 heavy (non-hydrogen) atoms. The molecular weight excluding hydrogens is 301 g/mol. The van der Waals surface area contributed by atoms with E-state index in [1.165, 1.54) is 24.7 Å². The molecule has 4 heteroatoms. The third-order valence-electron chi connectivity index (χ3n) is 4.53. The minimum Gasteiger partial charge on any atom is -0.381 e. The van der Waals surface area contributed by atoms with E-state index in [1.54, 1.807) is 12.1 Å². The SMILES string of the molecule is CCCN1CCN(c2ccc(NCc3cccc(F)c3)cc2)CC1. The molecule has 3 rings (SSSR count). The fourth-order valence-corrected chi connectivity index (χ4v) is 3.19. The van der Waals surface area contributed by atoms with Gasteiger partial charge in [0.2, 0.25) is 0 Å². The van der Waals surface area contributed by atoms with Crippen LogP contribution in [0.15, 0.2) is 48.5 Å². The van der Waals surface area contributed by atoms with Crippen molar-refractivity contribution >= 4 is 11.4 Å². The van der Waals surface area contributed by atoms with Crippen molar-refractivity contribution in [1.29, 1.82) is 0 Å². The standard InChI is InChI=1S/C20H26FN3/c1-2-10-23-11-13-24(14-12-23)20-8-6-19(7-9-20)22-16-17-4-3-5-18(21)15-17/h3-9,15,22H,2,10-14,16H2,1H3. The molecule has 0 amide bonds. The van der Waals surface area contributed by atoms with Crippen molar-refractivity contribution in [2.24, 2.45) is 0 Å². The van der Waals surface area contributed by atoms with E-state index >= 15 is 0 Å². The van der Waals surface area contributed by atoms with E-state index in [4.69, 9.17) is 0 Å². The first-order chi connectivity index (χ1) is 11.7. The van der Waals surface area contributed by atoms with Crippen LogP contribution < -0.4 is 10.2 Å². The Morgan fingerprint density at radius 3 is 2.42 bits per heavy atom. The number of nitrogens with one attached hydrogen (secondary N) is 1. The Kier molecular flexibility index (Phi) is 5.70. The monoisotopic (exact) mass is 327 g/mol. The largest absolute Gasteiger partial charge is 0.381 e. The van der Waals surface area contributed by atoms with Gasteiger partial charge in [-0.15, -0.1) is 0 Å². The molecule has 1 N–H and O–H groups in total. The van der Waals surface area contributed by atoms with Crippen LogP contribution in [-0.4, -0.2) is 37.6 Å². The lowest BCUT2D eigenvalue weighted by molar-refractivity contribution is 0.258. The van der Waals surface area contributed by atoms with Gasteiger partial charge in [0.05, 0.1) is 0 Å². The molecule has 0 aromatic heterocycles. The number of anilines is 2. The molecule has 1 fully saturated rings. The summed E-state index contributed by atoms with van der Waals surface area (Å²) in [5.41, 5.74) is 3.29. The van der Waals surface area contributed by atoms with E-state index in [0.717, 1.165) is 37.4 Å². The van der Waals surface area contributed by atoms with Crippen LogP contribution in [0.1, 0.15) is 18.9 Å². The molecule has 0 saturated carbocycles. The van der Waals surface area contributed by atoms with E-state index in [0.29, 0.717) is 6.54 Å². The molecule has 0 unspecified atom stereocenters. The lowest BCUT2D eigenvalue weighted by atomic mass is 10.2. The van der Waals surface area contributed by atoms with Gasteiger partial charge in [0.15, 0.2) is 0 Å². The molecule has 1 aliphatic heterocycles. The van der Waals surface area contributed by atoms with Gasteiger partial charge in [-0.25, -0.2) is 4.39 Å². The Bertz CT molecular complexity index is 634. The number of nitrogens with zero attached hydrogens (tertiary/aromatic N) is 2. The summed E-state index contributed by atoms with van der Waals surface area (Å²) in [6, 6.07) is 15.3. The normalized spacial score (nSPS) is 15.5. The first kappa shape index (κ1) is 16.8. The molecule has 0 atom stereocenters. The van der Waals surface area contributed by atoms with Gasteiger partial charge >= 0.3 is 0 Å². The second-order valence-corrected chi connectivity index (χ2v) is 6.36. The number of piperazine rings is 1. The zero-order valence-corrected chi connectivity index (χ0v) is 14.3. The average molecular weight is 327 g/mol. The molecule has 2 aromatic carbocycles. The number of hydrogen-bond acceptors (Lipinski definition) is 3. The Labute approximate surface area is 144 Å². The van der Waals surface area contributed by atoms with Crippen LogP contribution in [0.2, 0.25) is 0 Å². The van der Waals surface area contributed by atoms with Crippen molar-refractivity contribution in [1.82, 2.24) is 4.90 Å². The van der Waals surface area contributed by atoms with Gasteiger partial charge in [-0.3, -0.25) is 4.90 Å². The van der Waals surface area contributed by atoms with Gasteiger partial charge in [-0.2, -0.15) is 0 Å². The maximum atomic E-state index is 13.2. The fraction of sp³-hybridized carbons (Fsp3) is 0.400. The van der Waals surface area contributed by atoms with E-state index in [1.807, 2.05) is 6.07 Å². The highest BCUT2D eigenvalue weighted by atomic mass is 19.1. The molecule has 1 aliphatic rings. The summed E-state index contributed by atoms with van der Waals surface area (Å²) in [6.07, 6.45) is 1.23. The average Bonchev–Trinajstić information content (AvgIpc) is 2.62. The third kappa shape index (κ3) is 4.48. The van der Waals surface area contributed by atoms with Crippen LogP contribution >= 0.6 is 0 Å². The zero-order chi connectivity index (χ0) is 16.8. The molecule has 3 nitrogen and oxygen atoms in total. The van der Waals surface area contributed by atoms with Crippen molar-refractivity contribution in [3.8, 4) is 0 Å². The van der Waals surface area contributed by atoms with Gasteiger partial charge in [0.1, 0.15) is 5.82 Å². The van der Waals surface area contributed by atoms with Gasteiger partial charge in [0, 0.05) is 44.1 Å². The number of rotatable bonds is 6. The molecular formula is C20H26FN3. The van der Waals surface area contributed by atoms with E-state index in [9.17, 15) is 4.39 Å². The van der Waals surface area contributed by atoms with Crippen LogP contribution in [0.4, 0.5) is 15.8 Å². The van der Waals surface area contributed by atoms with Gasteiger partial charge in [-0.1, -0.05) is 19.1 Å². The van der Waals surface area contributed by atoms with Crippen molar-refractivity contribution in [2.75, 3.05) is 42.9 Å². The minimum atomic E-state index is -0.188. The molecule has 1 heterocycles. The van der Waals surface area contributed by atoms with Gasteiger partial charge in [0.25, 0.3) is 0 Å². The van der Waals surface area contributed by atoms with Crippen LogP contribution in [0.25, 0.3) is 0 Å². The van der Waals surface area contributed by atoms with E-state index < -0.39 is 0 Å². The fourth-order valence-electron chi connectivity index (χ4n) is 3.19. The second-order valence-electron chi connectivity index (χ2n) is 6.36. The summed E-state index contributed by atoms with van der Waals surface area (Å²) >= 11 is 0. The summed E-state index contributed by atoms with van der Waals surface area (Å²) in [4.78, 5) is 4.98. The molecule has 1 saturated heterocycles. The number of benzene rings is 2. The minimum absolute atomic E-state index is 0.188. The highest BCUT2D eigenvalue weighted by Gasteiger charge is 2.16. The maximum Gasteiger partial charge on any atom is 0.123 e. The predicted octanol–water partition coefficient (Wildman–Crippen LogP) is 3.97. The predicted molar refractivity (Wildman–Crippen MR) is 99.1 cm³/mol. The number of hydrogen-bond donors (Lipinski definition) is 1. The van der Waals surface area contributed by atoms with Crippen molar-refractivity contribution < 1.29 is 4.39 Å². The molecule has 0 aliphatic carbocycles. The van der Waals surface area contributed by atoms with Crippen molar-refractivity contribution in [3.05, 3.63) is 59.9 Å². The van der Waals surface area contributed by atoms with Crippen molar-refractivity contribution in [2.45, 2.75) is 19.9 Å².